The summed E-state index contributed by atoms with van der Waals surface area (Å²) in [5, 5.41) is 0.521. The van der Waals surface area contributed by atoms with E-state index in [2.05, 4.69) is 42.0 Å². The average Bonchev–Trinajstić information content (AvgIpc) is 3.16. The highest BCUT2D eigenvalue weighted by molar-refractivity contribution is 6.33. The summed E-state index contributed by atoms with van der Waals surface area (Å²) in [5.41, 5.74) is 9.38. The minimum absolute atomic E-state index is 0.171. The molecule has 0 spiro atoms. The van der Waals surface area contributed by atoms with Gasteiger partial charge in [-0.2, -0.15) is 4.98 Å². The number of pyridine rings is 1. The molecule has 1 fully saturated rings. The molecular weight excluding hydrogens is 406 g/mol. The average molecular weight is 424 g/mol. The number of nitrogens with zero attached hydrogens (tertiary/aromatic N) is 5. The number of ether oxygens (including phenoxy) is 2. The van der Waals surface area contributed by atoms with Gasteiger partial charge >= 0.3 is 6.01 Å². The smallest absolute Gasteiger partial charge is 0.301 e. The van der Waals surface area contributed by atoms with Crippen molar-refractivity contribution in [2.75, 3.05) is 36.9 Å². The number of anilines is 2. The number of aromatic nitrogens is 5. The fraction of sp³-hybridized carbons (Fsp3) is 0.200. The number of aromatic amines is 1. The molecule has 0 atom stereocenters. The van der Waals surface area contributed by atoms with Gasteiger partial charge in [-0.05, 0) is 18.2 Å². The molecule has 0 saturated carbocycles. The molecule has 152 valence electrons. The summed E-state index contributed by atoms with van der Waals surface area (Å²) < 4.78 is 11.1. The molecule has 0 bridgehead atoms. The van der Waals surface area contributed by atoms with Crippen molar-refractivity contribution in [3.63, 3.8) is 0 Å². The molecule has 1 saturated heterocycles. The van der Waals surface area contributed by atoms with Gasteiger partial charge in [0.05, 0.1) is 41.8 Å². The molecule has 0 aliphatic carbocycles. The second-order valence-electron chi connectivity index (χ2n) is 6.76. The maximum absolute atomic E-state index is 6.50. The van der Waals surface area contributed by atoms with E-state index < -0.39 is 0 Å². The first kappa shape index (κ1) is 18.6. The van der Waals surface area contributed by atoms with Crippen molar-refractivity contribution in [1.82, 2.24) is 24.9 Å². The van der Waals surface area contributed by atoms with E-state index in [9.17, 15) is 0 Å². The number of nitrogens with two attached hydrogens (primary N) is 1. The zero-order valence-corrected chi connectivity index (χ0v) is 16.6. The van der Waals surface area contributed by atoms with Gasteiger partial charge < -0.3 is 25.1 Å². The SMILES string of the molecule is Nc1ncc(Oc2nc3nc(-c4ccc(N5CCOCC5)cc4)c(Cl)cc3[nH]2)cn1. The molecule has 1 aliphatic rings. The summed E-state index contributed by atoms with van der Waals surface area (Å²) in [6.07, 6.45) is 2.94. The summed E-state index contributed by atoms with van der Waals surface area (Å²) in [4.78, 5) is 22.1. The second-order valence-corrected chi connectivity index (χ2v) is 7.16. The molecule has 5 rings (SSSR count). The predicted octanol–water partition coefficient (Wildman–Crippen LogP) is 3.28. The fourth-order valence-electron chi connectivity index (χ4n) is 3.29. The van der Waals surface area contributed by atoms with Crippen molar-refractivity contribution in [3.05, 3.63) is 47.7 Å². The lowest BCUT2D eigenvalue weighted by Gasteiger charge is -2.28. The lowest BCUT2D eigenvalue weighted by molar-refractivity contribution is 0.122. The van der Waals surface area contributed by atoms with Crippen molar-refractivity contribution in [2.45, 2.75) is 0 Å². The van der Waals surface area contributed by atoms with E-state index >= 15 is 0 Å². The topological polar surface area (TPSA) is 115 Å². The largest absolute Gasteiger partial charge is 0.422 e. The Hall–Kier alpha value is -3.43. The first-order valence-electron chi connectivity index (χ1n) is 9.40. The van der Waals surface area contributed by atoms with E-state index in [4.69, 9.17) is 26.8 Å². The number of hydrogen-bond acceptors (Lipinski definition) is 8. The van der Waals surface area contributed by atoms with Crippen molar-refractivity contribution in [3.8, 4) is 23.0 Å². The van der Waals surface area contributed by atoms with Gasteiger partial charge in [-0.1, -0.05) is 23.7 Å². The molecule has 10 heteroatoms. The van der Waals surface area contributed by atoms with Gasteiger partial charge in [-0.15, -0.1) is 0 Å². The summed E-state index contributed by atoms with van der Waals surface area (Å²) in [6.45, 7) is 3.27. The molecule has 3 N–H and O–H groups in total. The van der Waals surface area contributed by atoms with Crippen LogP contribution in [-0.2, 0) is 4.74 Å². The maximum atomic E-state index is 6.50. The highest BCUT2D eigenvalue weighted by Crippen LogP contribution is 2.31. The van der Waals surface area contributed by atoms with Gasteiger partial charge in [0, 0.05) is 24.3 Å². The Labute approximate surface area is 176 Å². The highest BCUT2D eigenvalue weighted by Gasteiger charge is 2.15. The second kappa shape index (κ2) is 7.77. The van der Waals surface area contributed by atoms with Crippen molar-refractivity contribution in [1.29, 1.82) is 0 Å². The van der Waals surface area contributed by atoms with E-state index in [0.717, 1.165) is 37.6 Å². The van der Waals surface area contributed by atoms with E-state index in [1.54, 1.807) is 6.07 Å². The highest BCUT2D eigenvalue weighted by atomic mass is 35.5. The van der Waals surface area contributed by atoms with Crippen LogP contribution in [0.3, 0.4) is 0 Å². The predicted molar refractivity (Wildman–Crippen MR) is 114 cm³/mol. The normalized spacial score (nSPS) is 14.2. The Bertz CT molecular complexity index is 1170. The maximum Gasteiger partial charge on any atom is 0.301 e. The standard InChI is InChI=1S/C20H18ClN7O2/c21-15-9-16-18(27-20(25-16)30-14-10-23-19(22)24-11-14)26-17(15)12-1-3-13(4-2-12)28-5-7-29-8-6-28/h1-4,9-11H,5-8H2,(H2,22,23,24)(H,25,26,27). The first-order valence-corrected chi connectivity index (χ1v) is 9.78. The molecule has 4 heterocycles. The van der Waals surface area contributed by atoms with Crippen LogP contribution >= 0.6 is 11.6 Å². The number of benzene rings is 1. The Balaban J connectivity index is 1.41. The molecular formula is C20H18ClN7O2. The molecule has 0 radical (unpaired) electrons. The molecule has 0 amide bonds. The summed E-state index contributed by atoms with van der Waals surface area (Å²) in [7, 11) is 0. The van der Waals surface area contributed by atoms with E-state index in [1.165, 1.54) is 12.4 Å². The lowest BCUT2D eigenvalue weighted by atomic mass is 10.1. The zero-order valence-electron chi connectivity index (χ0n) is 15.9. The number of imidazole rings is 1. The quantitative estimate of drug-likeness (QED) is 0.513. The number of halogens is 1. The number of H-pyrrole nitrogens is 1. The molecule has 1 aliphatic heterocycles. The van der Waals surface area contributed by atoms with Gasteiger partial charge in [0.2, 0.25) is 5.95 Å². The number of nitrogens with one attached hydrogen (secondary N) is 1. The van der Waals surface area contributed by atoms with Gasteiger partial charge in [-0.25, -0.2) is 15.0 Å². The molecule has 4 aromatic rings. The molecule has 9 nitrogen and oxygen atoms in total. The van der Waals surface area contributed by atoms with Crippen molar-refractivity contribution < 1.29 is 9.47 Å². The third-order valence-corrected chi connectivity index (χ3v) is 5.07. The van der Waals surface area contributed by atoms with Crippen molar-refractivity contribution in [2.24, 2.45) is 0 Å². The Morgan fingerprint density at radius 3 is 2.53 bits per heavy atom. The number of fused-ring (bicyclic) bond motifs is 1. The van der Waals surface area contributed by atoms with Crippen molar-refractivity contribution >= 4 is 34.4 Å². The van der Waals surface area contributed by atoms with Crippen LogP contribution in [0.1, 0.15) is 0 Å². The van der Waals surface area contributed by atoms with Crippen LogP contribution in [0.5, 0.6) is 11.8 Å². The lowest BCUT2D eigenvalue weighted by Crippen LogP contribution is -2.36. The van der Waals surface area contributed by atoms with Crippen LogP contribution in [0.25, 0.3) is 22.4 Å². The number of morpholine rings is 1. The Morgan fingerprint density at radius 1 is 1.07 bits per heavy atom. The minimum atomic E-state index is 0.171. The number of rotatable bonds is 4. The monoisotopic (exact) mass is 423 g/mol. The number of hydrogen-bond donors (Lipinski definition) is 2. The van der Waals surface area contributed by atoms with Crippen LogP contribution in [0.2, 0.25) is 5.02 Å². The minimum Gasteiger partial charge on any atom is -0.422 e. The van der Waals surface area contributed by atoms with Gasteiger partial charge in [-0.3, -0.25) is 0 Å². The first-order chi connectivity index (χ1) is 14.7. The third-order valence-electron chi connectivity index (χ3n) is 4.78. The van der Waals surface area contributed by atoms with Crippen LogP contribution < -0.4 is 15.4 Å². The zero-order chi connectivity index (χ0) is 20.5. The van der Waals surface area contributed by atoms with E-state index in [-0.39, 0.29) is 12.0 Å². The van der Waals surface area contributed by atoms with Gasteiger partial charge in [0.15, 0.2) is 11.4 Å². The van der Waals surface area contributed by atoms with Crippen LogP contribution in [0.4, 0.5) is 11.6 Å². The molecule has 30 heavy (non-hydrogen) atoms. The number of nitrogen functional groups attached to an aromatic ring is 1. The Kier molecular flexibility index (Phi) is 4.82. The van der Waals surface area contributed by atoms with Gasteiger partial charge in [0.1, 0.15) is 0 Å². The van der Waals surface area contributed by atoms with Crippen LogP contribution in [-0.4, -0.2) is 51.2 Å². The van der Waals surface area contributed by atoms with E-state index in [1.807, 2.05) is 12.1 Å². The third kappa shape index (κ3) is 3.72. The summed E-state index contributed by atoms with van der Waals surface area (Å²) in [6, 6.07) is 10.2. The Morgan fingerprint density at radius 2 is 1.80 bits per heavy atom. The molecule has 0 unspecified atom stereocenters. The van der Waals surface area contributed by atoms with Gasteiger partial charge in [0.25, 0.3) is 0 Å². The fourth-order valence-corrected chi connectivity index (χ4v) is 3.55. The van der Waals surface area contributed by atoms with Crippen LogP contribution in [0.15, 0.2) is 42.7 Å². The van der Waals surface area contributed by atoms with Crippen LogP contribution in [0, 0.1) is 0 Å². The van der Waals surface area contributed by atoms with E-state index in [0.29, 0.717) is 27.6 Å². The molecule has 3 aromatic heterocycles. The summed E-state index contributed by atoms with van der Waals surface area (Å²) in [5.74, 6) is 0.581. The molecule has 1 aromatic carbocycles. The summed E-state index contributed by atoms with van der Waals surface area (Å²) >= 11 is 6.50.